The third-order valence-corrected chi connectivity index (χ3v) is 3.60. The number of ketones is 1. The van der Waals surface area contributed by atoms with Gasteiger partial charge in [-0.3, -0.25) is 4.79 Å². The Balaban J connectivity index is 2.42. The van der Waals surface area contributed by atoms with Crippen molar-refractivity contribution < 1.29 is 9.53 Å². The van der Waals surface area contributed by atoms with E-state index in [1.807, 2.05) is 6.08 Å². The SMILES string of the molecule is C=C/C=C\c1cc(C(=O)c2ccc(N)c(C(C)=N)c2)[nH]c1COC. The Morgan fingerprint density at radius 3 is 2.79 bits per heavy atom. The third kappa shape index (κ3) is 3.70. The lowest BCUT2D eigenvalue weighted by atomic mass is 10.0. The summed E-state index contributed by atoms with van der Waals surface area (Å²) in [6.45, 7) is 5.66. The Hall–Kier alpha value is -2.92. The van der Waals surface area contributed by atoms with Crippen molar-refractivity contribution in [1.82, 2.24) is 4.98 Å². The van der Waals surface area contributed by atoms with Crippen molar-refractivity contribution in [3.8, 4) is 0 Å². The van der Waals surface area contributed by atoms with Gasteiger partial charge >= 0.3 is 0 Å². The van der Waals surface area contributed by atoms with Crippen molar-refractivity contribution in [3.05, 3.63) is 71.1 Å². The molecule has 1 heterocycles. The maximum Gasteiger partial charge on any atom is 0.209 e. The van der Waals surface area contributed by atoms with Crippen LogP contribution in [0.1, 0.15) is 39.8 Å². The zero-order valence-electron chi connectivity index (χ0n) is 13.8. The smallest absolute Gasteiger partial charge is 0.209 e. The number of carbonyl (C=O) groups is 1. The molecular formula is C19H21N3O2. The summed E-state index contributed by atoms with van der Waals surface area (Å²) in [5, 5.41) is 7.75. The number of aromatic nitrogens is 1. The summed E-state index contributed by atoms with van der Waals surface area (Å²) in [6.07, 6.45) is 5.34. The number of benzene rings is 1. The van der Waals surface area contributed by atoms with Crippen LogP contribution in [0, 0.1) is 5.41 Å². The average Bonchev–Trinajstić information content (AvgIpc) is 2.95. The standard InChI is InChI=1S/C19H21N3O2/c1-4-5-6-13-10-17(22-18(13)11-24-3)19(23)14-7-8-16(21)15(9-14)12(2)20/h4-10,20,22H,1,11,21H2,2-3H3/b6-5-,20-12?. The van der Waals surface area contributed by atoms with Gasteiger partial charge in [-0.15, -0.1) is 0 Å². The Morgan fingerprint density at radius 2 is 2.17 bits per heavy atom. The molecule has 0 radical (unpaired) electrons. The van der Waals surface area contributed by atoms with E-state index in [0.717, 1.165) is 11.3 Å². The summed E-state index contributed by atoms with van der Waals surface area (Å²) in [4.78, 5) is 15.9. The topological polar surface area (TPSA) is 92.0 Å². The van der Waals surface area contributed by atoms with Gasteiger partial charge in [-0.1, -0.05) is 24.8 Å². The number of hydrogen-bond acceptors (Lipinski definition) is 4. The van der Waals surface area contributed by atoms with Gasteiger partial charge in [0.1, 0.15) is 0 Å². The highest BCUT2D eigenvalue weighted by Gasteiger charge is 2.16. The fourth-order valence-electron chi connectivity index (χ4n) is 2.40. The zero-order valence-corrected chi connectivity index (χ0v) is 13.8. The van der Waals surface area contributed by atoms with Crippen LogP contribution < -0.4 is 5.73 Å². The first-order chi connectivity index (χ1) is 11.5. The number of nitrogen functional groups attached to an aromatic ring is 1. The molecular weight excluding hydrogens is 302 g/mol. The van der Waals surface area contributed by atoms with Crippen molar-refractivity contribution in [2.75, 3.05) is 12.8 Å². The van der Waals surface area contributed by atoms with E-state index in [-0.39, 0.29) is 5.78 Å². The molecule has 2 rings (SSSR count). The van der Waals surface area contributed by atoms with Crippen molar-refractivity contribution in [1.29, 1.82) is 5.41 Å². The Morgan fingerprint density at radius 1 is 1.42 bits per heavy atom. The van der Waals surface area contributed by atoms with Crippen LogP contribution in [0.4, 0.5) is 5.69 Å². The molecule has 0 atom stereocenters. The molecule has 1 aromatic heterocycles. The van der Waals surface area contributed by atoms with Crippen molar-refractivity contribution in [2.45, 2.75) is 13.5 Å². The predicted molar refractivity (Wildman–Crippen MR) is 97.5 cm³/mol. The minimum absolute atomic E-state index is 0.159. The number of rotatable bonds is 7. The first kappa shape index (κ1) is 17.4. The van der Waals surface area contributed by atoms with E-state index in [2.05, 4.69) is 11.6 Å². The number of methoxy groups -OCH3 is 1. The Labute approximate surface area is 141 Å². The van der Waals surface area contributed by atoms with Crippen LogP contribution >= 0.6 is 0 Å². The Bertz CT molecular complexity index is 816. The Kier molecular flexibility index (Phi) is 5.50. The van der Waals surface area contributed by atoms with E-state index in [4.69, 9.17) is 15.9 Å². The highest BCUT2D eigenvalue weighted by atomic mass is 16.5. The van der Waals surface area contributed by atoms with E-state index in [1.54, 1.807) is 50.5 Å². The van der Waals surface area contributed by atoms with Crippen molar-refractivity contribution in [2.24, 2.45) is 0 Å². The van der Waals surface area contributed by atoms with Gasteiger partial charge in [0.05, 0.1) is 12.3 Å². The molecule has 0 aliphatic rings. The molecule has 5 nitrogen and oxygen atoms in total. The minimum Gasteiger partial charge on any atom is -0.398 e. The summed E-state index contributed by atoms with van der Waals surface area (Å²) in [7, 11) is 1.60. The molecule has 0 aliphatic heterocycles. The number of nitrogens with two attached hydrogens (primary N) is 1. The summed E-state index contributed by atoms with van der Waals surface area (Å²) in [6, 6.07) is 6.75. The summed E-state index contributed by atoms with van der Waals surface area (Å²) in [5.41, 5.74) is 9.87. The number of ether oxygens (including phenoxy) is 1. The van der Waals surface area contributed by atoms with Gasteiger partial charge in [-0.05, 0) is 36.8 Å². The highest BCUT2D eigenvalue weighted by Crippen LogP contribution is 2.20. The first-order valence-corrected chi connectivity index (χ1v) is 7.47. The number of nitrogens with one attached hydrogen (secondary N) is 2. The molecule has 24 heavy (non-hydrogen) atoms. The zero-order chi connectivity index (χ0) is 17.7. The molecule has 0 unspecified atom stereocenters. The van der Waals surface area contributed by atoms with Gasteiger partial charge in [0.2, 0.25) is 5.78 Å². The molecule has 0 saturated carbocycles. The molecule has 0 spiro atoms. The molecule has 0 saturated heterocycles. The highest BCUT2D eigenvalue weighted by molar-refractivity contribution is 6.10. The van der Waals surface area contributed by atoms with Crippen LogP contribution in [0.25, 0.3) is 6.08 Å². The van der Waals surface area contributed by atoms with Gasteiger partial charge < -0.3 is 20.9 Å². The monoisotopic (exact) mass is 323 g/mol. The van der Waals surface area contributed by atoms with E-state index in [9.17, 15) is 4.79 Å². The lowest BCUT2D eigenvalue weighted by Gasteiger charge is -2.06. The van der Waals surface area contributed by atoms with Gasteiger partial charge in [0.25, 0.3) is 0 Å². The normalized spacial score (nSPS) is 10.9. The maximum absolute atomic E-state index is 12.7. The van der Waals surface area contributed by atoms with Gasteiger partial charge in [0.15, 0.2) is 0 Å². The van der Waals surface area contributed by atoms with Crippen molar-refractivity contribution in [3.63, 3.8) is 0 Å². The lowest BCUT2D eigenvalue weighted by molar-refractivity contribution is 0.103. The molecule has 0 fully saturated rings. The quantitative estimate of drug-likeness (QED) is 0.315. The van der Waals surface area contributed by atoms with Gasteiger partial charge in [-0.25, -0.2) is 0 Å². The summed E-state index contributed by atoms with van der Waals surface area (Å²) in [5.74, 6) is -0.159. The fourth-order valence-corrected chi connectivity index (χ4v) is 2.40. The second-order valence-electron chi connectivity index (χ2n) is 5.40. The average molecular weight is 323 g/mol. The van der Waals surface area contributed by atoms with Crippen LogP contribution in [0.2, 0.25) is 0 Å². The van der Waals surface area contributed by atoms with E-state index < -0.39 is 0 Å². The fraction of sp³-hybridized carbons (Fsp3) is 0.158. The van der Waals surface area contributed by atoms with Crippen LogP contribution in [0.5, 0.6) is 0 Å². The second-order valence-corrected chi connectivity index (χ2v) is 5.40. The number of hydrogen-bond donors (Lipinski definition) is 3. The van der Waals surface area contributed by atoms with Crippen LogP contribution in [-0.4, -0.2) is 23.6 Å². The number of carbonyl (C=O) groups excluding carboxylic acids is 1. The summed E-state index contributed by atoms with van der Waals surface area (Å²) < 4.78 is 5.17. The number of H-pyrrole nitrogens is 1. The maximum atomic E-state index is 12.7. The van der Waals surface area contributed by atoms with Gasteiger partial charge in [0, 0.05) is 35.3 Å². The van der Waals surface area contributed by atoms with Crippen LogP contribution in [0.3, 0.4) is 0 Å². The number of aromatic amines is 1. The third-order valence-electron chi connectivity index (χ3n) is 3.60. The van der Waals surface area contributed by atoms with Crippen LogP contribution in [0.15, 0.2) is 43.0 Å². The van der Waals surface area contributed by atoms with E-state index in [0.29, 0.717) is 34.8 Å². The number of anilines is 1. The molecule has 2 aromatic rings. The second kappa shape index (κ2) is 7.57. The first-order valence-electron chi connectivity index (χ1n) is 7.47. The molecule has 0 aliphatic carbocycles. The molecule has 0 bridgehead atoms. The molecule has 4 N–H and O–H groups in total. The van der Waals surface area contributed by atoms with E-state index in [1.165, 1.54) is 0 Å². The van der Waals surface area contributed by atoms with Crippen molar-refractivity contribution >= 4 is 23.3 Å². The number of allylic oxidation sites excluding steroid dienone is 2. The molecule has 5 heteroatoms. The molecule has 124 valence electrons. The van der Waals surface area contributed by atoms with E-state index >= 15 is 0 Å². The lowest BCUT2D eigenvalue weighted by Crippen LogP contribution is -2.06. The summed E-state index contributed by atoms with van der Waals surface area (Å²) >= 11 is 0. The minimum atomic E-state index is -0.159. The molecule has 0 amide bonds. The van der Waals surface area contributed by atoms with Crippen LogP contribution in [-0.2, 0) is 11.3 Å². The largest absolute Gasteiger partial charge is 0.398 e. The molecule has 1 aromatic carbocycles. The van der Waals surface area contributed by atoms with Gasteiger partial charge in [-0.2, -0.15) is 0 Å². The predicted octanol–water partition coefficient (Wildman–Crippen LogP) is 3.56.